The maximum absolute atomic E-state index is 12.3. The zero-order chi connectivity index (χ0) is 16.0. The van der Waals surface area contributed by atoms with Gasteiger partial charge in [-0.25, -0.2) is 13.1 Å². The minimum absolute atomic E-state index is 0.231. The molecule has 120 valence electrons. The highest BCUT2D eigenvalue weighted by Gasteiger charge is 2.16. The molecule has 0 aliphatic rings. The van der Waals surface area contributed by atoms with Gasteiger partial charge in [0.1, 0.15) is 0 Å². The van der Waals surface area contributed by atoms with Crippen molar-refractivity contribution >= 4 is 33.4 Å². The molecule has 0 aliphatic carbocycles. The quantitative estimate of drug-likeness (QED) is 0.757. The zero-order valence-electron chi connectivity index (χ0n) is 12.8. The summed E-state index contributed by atoms with van der Waals surface area (Å²) in [5.41, 5.74) is 0.783. The van der Waals surface area contributed by atoms with Crippen molar-refractivity contribution in [2.45, 2.75) is 43.5 Å². The first kappa shape index (κ1) is 18.8. The lowest BCUT2D eigenvalue weighted by Gasteiger charge is -2.13. The number of hydrogen-bond donors (Lipinski definition) is 2. The fourth-order valence-electron chi connectivity index (χ4n) is 1.56. The molecule has 7 heteroatoms. The third-order valence-electron chi connectivity index (χ3n) is 2.99. The highest BCUT2D eigenvalue weighted by atomic mass is 35.5. The number of benzene rings is 1. The van der Waals surface area contributed by atoms with Crippen LogP contribution in [0, 0.1) is 0 Å². The summed E-state index contributed by atoms with van der Waals surface area (Å²) in [6.07, 6.45) is 1.96. The maximum Gasteiger partial charge on any atom is 0.240 e. The van der Waals surface area contributed by atoms with E-state index in [1.807, 2.05) is 27.0 Å². The molecule has 1 atom stereocenters. The lowest BCUT2D eigenvalue weighted by Crippen LogP contribution is -2.29. The normalized spacial score (nSPS) is 13.6. The molecule has 0 bridgehead atoms. The Hall–Kier alpha value is -0.270. The second-order valence-corrected chi connectivity index (χ2v) is 8.64. The van der Waals surface area contributed by atoms with E-state index in [4.69, 9.17) is 11.6 Å². The summed E-state index contributed by atoms with van der Waals surface area (Å²) in [6.45, 7) is 6.99. The Labute approximate surface area is 137 Å². The minimum atomic E-state index is -3.49. The summed E-state index contributed by atoms with van der Waals surface area (Å²) in [5, 5.41) is 4.04. The van der Waals surface area contributed by atoms with Crippen LogP contribution in [-0.2, 0) is 16.6 Å². The first-order chi connectivity index (χ1) is 9.76. The number of thioether (sulfide) groups is 1. The monoisotopic (exact) mass is 350 g/mol. The van der Waals surface area contributed by atoms with Crippen LogP contribution in [0.5, 0.6) is 0 Å². The molecular weight excluding hydrogens is 328 g/mol. The second kappa shape index (κ2) is 8.39. The highest BCUT2D eigenvalue weighted by Crippen LogP contribution is 2.20. The van der Waals surface area contributed by atoms with Crippen molar-refractivity contribution in [3.8, 4) is 0 Å². The molecule has 0 aromatic heterocycles. The molecule has 1 rings (SSSR count). The van der Waals surface area contributed by atoms with Gasteiger partial charge in [0.15, 0.2) is 0 Å². The van der Waals surface area contributed by atoms with Gasteiger partial charge in [0.25, 0.3) is 0 Å². The molecule has 4 nitrogen and oxygen atoms in total. The average molecular weight is 351 g/mol. The topological polar surface area (TPSA) is 58.2 Å². The van der Waals surface area contributed by atoms with Crippen LogP contribution in [0.25, 0.3) is 0 Å². The van der Waals surface area contributed by atoms with Crippen molar-refractivity contribution in [2.75, 3.05) is 12.8 Å². The summed E-state index contributed by atoms with van der Waals surface area (Å²) in [4.78, 5) is 0.251. The Kier molecular flexibility index (Phi) is 7.50. The molecule has 1 aromatic carbocycles. The fraction of sp³-hybridized carbons (Fsp3) is 0.571. The molecule has 0 heterocycles. The summed E-state index contributed by atoms with van der Waals surface area (Å²) in [7, 11) is -3.49. The van der Waals surface area contributed by atoms with Crippen molar-refractivity contribution < 1.29 is 8.42 Å². The highest BCUT2D eigenvalue weighted by molar-refractivity contribution is 7.99. The van der Waals surface area contributed by atoms with Gasteiger partial charge in [-0.2, -0.15) is 11.8 Å². The molecule has 0 spiro atoms. The number of hydrogen-bond acceptors (Lipinski definition) is 4. The summed E-state index contributed by atoms with van der Waals surface area (Å²) in [5.74, 6) is 0. The molecular formula is C14H23ClN2O2S2. The van der Waals surface area contributed by atoms with Gasteiger partial charge < -0.3 is 5.32 Å². The van der Waals surface area contributed by atoms with Crippen molar-refractivity contribution in [3.05, 3.63) is 28.8 Å². The number of nitrogens with one attached hydrogen (secondary N) is 2. The fourth-order valence-corrected chi connectivity index (χ4v) is 3.28. The van der Waals surface area contributed by atoms with E-state index >= 15 is 0 Å². The van der Waals surface area contributed by atoms with Gasteiger partial charge in [0.05, 0.1) is 4.90 Å². The van der Waals surface area contributed by atoms with Crippen molar-refractivity contribution in [3.63, 3.8) is 0 Å². The van der Waals surface area contributed by atoms with E-state index in [0.717, 1.165) is 5.56 Å². The van der Waals surface area contributed by atoms with Gasteiger partial charge in [-0.3, -0.25) is 0 Å². The van der Waals surface area contributed by atoms with Crippen LogP contribution in [0.1, 0.15) is 26.3 Å². The second-order valence-electron chi connectivity index (χ2n) is 5.19. The smallest absolute Gasteiger partial charge is 0.240 e. The minimum Gasteiger partial charge on any atom is -0.310 e. The predicted octanol–water partition coefficient (Wildman–Crippen LogP) is 2.87. The largest absolute Gasteiger partial charge is 0.310 e. The molecule has 21 heavy (non-hydrogen) atoms. The number of halogens is 1. The van der Waals surface area contributed by atoms with Gasteiger partial charge in [-0.15, -0.1) is 0 Å². The molecule has 0 amide bonds. The zero-order valence-corrected chi connectivity index (χ0v) is 15.2. The Morgan fingerprint density at radius 3 is 2.52 bits per heavy atom. The standard InChI is InChI=1S/C14H23ClN2O2S2/c1-10(2)16-9-12-7-13(5-6-14(12)15)21(18,19)17-8-11(3)20-4/h5-7,10-11,16-17H,8-9H2,1-4H3. The van der Waals surface area contributed by atoms with Crippen LogP contribution in [0.4, 0.5) is 0 Å². The van der Waals surface area contributed by atoms with Crippen LogP contribution < -0.4 is 10.0 Å². The van der Waals surface area contributed by atoms with Gasteiger partial charge in [0.2, 0.25) is 10.0 Å². The van der Waals surface area contributed by atoms with Crippen molar-refractivity contribution in [1.82, 2.24) is 10.0 Å². The number of rotatable bonds is 8. The van der Waals surface area contributed by atoms with Crippen molar-refractivity contribution in [1.29, 1.82) is 0 Å². The van der Waals surface area contributed by atoms with E-state index in [1.54, 1.807) is 23.9 Å². The van der Waals surface area contributed by atoms with E-state index in [2.05, 4.69) is 10.0 Å². The molecule has 1 aromatic rings. The SMILES string of the molecule is CSC(C)CNS(=O)(=O)c1ccc(Cl)c(CNC(C)C)c1. The molecule has 0 fully saturated rings. The lowest BCUT2D eigenvalue weighted by molar-refractivity contribution is 0.579. The Morgan fingerprint density at radius 2 is 1.95 bits per heavy atom. The number of sulfonamides is 1. The first-order valence-electron chi connectivity index (χ1n) is 6.80. The van der Waals surface area contributed by atoms with E-state index < -0.39 is 10.0 Å². The van der Waals surface area contributed by atoms with Crippen LogP contribution >= 0.6 is 23.4 Å². The molecule has 0 saturated heterocycles. The van der Waals surface area contributed by atoms with E-state index in [-0.39, 0.29) is 10.1 Å². The lowest BCUT2D eigenvalue weighted by atomic mass is 10.2. The van der Waals surface area contributed by atoms with E-state index in [0.29, 0.717) is 24.2 Å². The van der Waals surface area contributed by atoms with Gasteiger partial charge in [0, 0.05) is 29.4 Å². The maximum atomic E-state index is 12.3. The summed E-state index contributed by atoms with van der Waals surface area (Å²) >= 11 is 7.74. The Morgan fingerprint density at radius 1 is 1.29 bits per heavy atom. The van der Waals surface area contributed by atoms with Gasteiger partial charge >= 0.3 is 0 Å². The third kappa shape index (κ3) is 6.16. The Bertz CT molecular complexity index is 562. The van der Waals surface area contributed by atoms with E-state index in [9.17, 15) is 8.42 Å². The van der Waals surface area contributed by atoms with Crippen LogP contribution in [0.3, 0.4) is 0 Å². The van der Waals surface area contributed by atoms with Gasteiger partial charge in [-0.05, 0) is 30.0 Å². The average Bonchev–Trinajstić information content (AvgIpc) is 2.43. The third-order valence-corrected chi connectivity index (χ3v) is 5.75. The van der Waals surface area contributed by atoms with Crippen molar-refractivity contribution in [2.24, 2.45) is 0 Å². The summed E-state index contributed by atoms with van der Waals surface area (Å²) in [6, 6.07) is 5.10. The first-order valence-corrected chi connectivity index (χ1v) is 9.95. The van der Waals surface area contributed by atoms with E-state index in [1.165, 1.54) is 6.07 Å². The van der Waals surface area contributed by atoms with Crippen LogP contribution in [-0.4, -0.2) is 32.5 Å². The molecule has 2 N–H and O–H groups in total. The molecule has 0 saturated carbocycles. The molecule has 0 radical (unpaired) electrons. The molecule has 1 unspecified atom stereocenters. The predicted molar refractivity (Wildman–Crippen MR) is 91.6 cm³/mol. The summed E-state index contributed by atoms with van der Waals surface area (Å²) < 4.78 is 27.2. The van der Waals surface area contributed by atoms with Gasteiger partial charge in [-0.1, -0.05) is 32.4 Å². The van der Waals surface area contributed by atoms with Crippen LogP contribution in [0.2, 0.25) is 5.02 Å². The molecule has 0 aliphatic heterocycles. The van der Waals surface area contributed by atoms with Crippen LogP contribution in [0.15, 0.2) is 23.1 Å². The Balaban J connectivity index is 2.89.